The molecule has 0 unspecified atom stereocenters. The summed E-state index contributed by atoms with van der Waals surface area (Å²) in [6, 6.07) is 18.3. The van der Waals surface area contributed by atoms with Crippen LogP contribution in [0, 0.1) is 0 Å². The monoisotopic (exact) mass is 401 g/mol. The van der Waals surface area contributed by atoms with E-state index in [-0.39, 0.29) is 5.91 Å². The number of rotatable bonds is 6. The SMILES string of the molecule is O=C(NCc1ccccc1CN1CCOCC1)c1cc(C2CC2)nc2ccccc12. The highest BCUT2D eigenvalue weighted by Crippen LogP contribution is 2.40. The first-order valence-corrected chi connectivity index (χ1v) is 10.8. The number of fused-ring (bicyclic) bond motifs is 1. The van der Waals surface area contributed by atoms with Gasteiger partial charge in [-0.15, -0.1) is 0 Å². The minimum atomic E-state index is -0.0309. The number of nitrogens with one attached hydrogen (secondary N) is 1. The van der Waals surface area contributed by atoms with Crippen molar-refractivity contribution in [3.63, 3.8) is 0 Å². The van der Waals surface area contributed by atoms with Gasteiger partial charge in [0.15, 0.2) is 0 Å². The molecule has 5 nitrogen and oxygen atoms in total. The Morgan fingerprint density at radius 3 is 2.57 bits per heavy atom. The Hall–Kier alpha value is -2.76. The Balaban J connectivity index is 1.34. The number of hydrogen-bond acceptors (Lipinski definition) is 4. The van der Waals surface area contributed by atoms with Crippen LogP contribution in [0.15, 0.2) is 54.6 Å². The molecule has 2 heterocycles. The molecule has 1 aromatic heterocycles. The highest BCUT2D eigenvalue weighted by molar-refractivity contribution is 6.06. The summed E-state index contributed by atoms with van der Waals surface area (Å²) in [6.45, 7) is 4.89. The molecular formula is C25H27N3O2. The van der Waals surface area contributed by atoms with Gasteiger partial charge >= 0.3 is 0 Å². The summed E-state index contributed by atoms with van der Waals surface area (Å²) >= 11 is 0. The molecule has 0 bridgehead atoms. The van der Waals surface area contributed by atoms with Crippen molar-refractivity contribution in [2.75, 3.05) is 26.3 Å². The quantitative estimate of drug-likeness (QED) is 0.681. The Bertz CT molecular complexity index is 1060. The van der Waals surface area contributed by atoms with Gasteiger partial charge in [-0.1, -0.05) is 42.5 Å². The molecule has 1 aliphatic carbocycles. The van der Waals surface area contributed by atoms with Crippen LogP contribution in [0.3, 0.4) is 0 Å². The lowest BCUT2D eigenvalue weighted by Gasteiger charge is -2.27. The van der Waals surface area contributed by atoms with Crippen molar-refractivity contribution in [2.45, 2.75) is 31.8 Å². The minimum absolute atomic E-state index is 0.0309. The van der Waals surface area contributed by atoms with Crippen LogP contribution in [-0.2, 0) is 17.8 Å². The molecule has 1 saturated carbocycles. The van der Waals surface area contributed by atoms with Crippen LogP contribution in [-0.4, -0.2) is 42.1 Å². The van der Waals surface area contributed by atoms with Crippen molar-refractivity contribution in [1.82, 2.24) is 15.2 Å². The van der Waals surface area contributed by atoms with Crippen LogP contribution in [0.2, 0.25) is 0 Å². The molecular weight excluding hydrogens is 374 g/mol. The Morgan fingerprint density at radius 1 is 1.03 bits per heavy atom. The third-order valence-electron chi connectivity index (χ3n) is 6.03. The summed E-state index contributed by atoms with van der Waals surface area (Å²) in [5.74, 6) is 0.479. The second kappa shape index (κ2) is 8.54. The number of morpholine rings is 1. The van der Waals surface area contributed by atoms with Crippen molar-refractivity contribution < 1.29 is 9.53 Å². The summed E-state index contributed by atoms with van der Waals surface area (Å²) in [4.78, 5) is 20.3. The summed E-state index contributed by atoms with van der Waals surface area (Å²) in [5.41, 5.74) is 5.11. The maximum absolute atomic E-state index is 13.2. The van der Waals surface area contributed by atoms with Crippen LogP contribution in [0.4, 0.5) is 0 Å². The second-order valence-corrected chi connectivity index (χ2v) is 8.23. The van der Waals surface area contributed by atoms with E-state index >= 15 is 0 Å². The summed E-state index contributed by atoms with van der Waals surface area (Å²) < 4.78 is 5.46. The fraction of sp³-hybridized carbons (Fsp3) is 0.360. The fourth-order valence-electron chi connectivity index (χ4n) is 4.13. The maximum atomic E-state index is 13.2. The van der Waals surface area contributed by atoms with Gasteiger partial charge in [-0.25, -0.2) is 0 Å². The van der Waals surface area contributed by atoms with Crippen LogP contribution in [0.25, 0.3) is 10.9 Å². The molecule has 2 aromatic carbocycles. The number of ether oxygens (including phenoxy) is 1. The second-order valence-electron chi connectivity index (χ2n) is 8.23. The van der Waals surface area contributed by atoms with E-state index in [4.69, 9.17) is 9.72 Å². The summed E-state index contributed by atoms with van der Waals surface area (Å²) in [7, 11) is 0. The largest absolute Gasteiger partial charge is 0.379 e. The number of hydrogen-bond donors (Lipinski definition) is 1. The molecule has 2 aliphatic rings. The third-order valence-corrected chi connectivity index (χ3v) is 6.03. The molecule has 1 aliphatic heterocycles. The van der Waals surface area contributed by atoms with E-state index in [9.17, 15) is 4.79 Å². The van der Waals surface area contributed by atoms with Gasteiger partial charge in [0, 0.05) is 43.2 Å². The van der Waals surface area contributed by atoms with Crippen LogP contribution in [0.1, 0.15) is 45.9 Å². The van der Waals surface area contributed by atoms with Gasteiger partial charge in [0.1, 0.15) is 0 Å². The van der Waals surface area contributed by atoms with Gasteiger partial charge in [0.05, 0.1) is 24.3 Å². The standard InChI is InChI=1S/C25H27N3O2/c29-25(22-15-24(18-9-10-18)27-23-8-4-3-7-21(22)23)26-16-19-5-1-2-6-20(19)17-28-11-13-30-14-12-28/h1-8,15,18H,9-14,16-17H2,(H,26,29). The van der Waals surface area contributed by atoms with Crippen LogP contribution >= 0.6 is 0 Å². The molecule has 2 fully saturated rings. The lowest BCUT2D eigenvalue weighted by molar-refractivity contribution is 0.0340. The maximum Gasteiger partial charge on any atom is 0.252 e. The van der Waals surface area contributed by atoms with E-state index in [1.807, 2.05) is 36.4 Å². The van der Waals surface area contributed by atoms with Crippen molar-refractivity contribution in [1.29, 1.82) is 0 Å². The predicted molar refractivity (Wildman–Crippen MR) is 117 cm³/mol. The van der Waals surface area contributed by atoms with Crippen LogP contribution in [0.5, 0.6) is 0 Å². The van der Waals surface area contributed by atoms with E-state index in [0.717, 1.165) is 60.6 Å². The first-order valence-electron chi connectivity index (χ1n) is 10.8. The molecule has 1 saturated heterocycles. The average molecular weight is 402 g/mol. The molecule has 1 N–H and O–H groups in total. The lowest BCUT2D eigenvalue weighted by Crippen LogP contribution is -2.36. The zero-order valence-corrected chi connectivity index (χ0v) is 17.1. The summed E-state index contributed by atoms with van der Waals surface area (Å²) in [6.07, 6.45) is 2.34. The van der Waals surface area contributed by atoms with E-state index in [1.165, 1.54) is 18.4 Å². The lowest BCUT2D eigenvalue weighted by atomic mass is 10.0. The first-order chi connectivity index (χ1) is 14.8. The molecule has 0 spiro atoms. The van der Waals surface area contributed by atoms with Crippen molar-refractivity contribution >= 4 is 16.8 Å². The van der Waals surface area contributed by atoms with Gasteiger partial charge < -0.3 is 10.1 Å². The number of carbonyl (C=O) groups is 1. The third kappa shape index (κ3) is 4.23. The van der Waals surface area contributed by atoms with E-state index in [1.54, 1.807) is 0 Å². The van der Waals surface area contributed by atoms with Crippen molar-refractivity contribution in [3.8, 4) is 0 Å². The Labute approximate surface area is 177 Å². The molecule has 1 amide bonds. The average Bonchev–Trinajstić information content (AvgIpc) is 3.64. The van der Waals surface area contributed by atoms with Gasteiger partial charge in [-0.3, -0.25) is 14.7 Å². The fourth-order valence-corrected chi connectivity index (χ4v) is 4.13. The minimum Gasteiger partial charge on any atom is -0.379 e. The highest BCUT2D eigenvalue weighted by Gasteiger charge is 2.27. The number of amides is 1. The highest BCUT2D eigenvalue weighted by atomic mass is 16.5. The van der Waals surface area contributed by atoms with Gasteiger partial charge in [-0.2, -0.15) is 0 Å². The predicted octanol–water partition coefficient (Wildman–Crippen LogP) is 3.87. The molecule has 30 heavy (non-hydrogen) atoms. The van der Waals surface area contributed by atoms with Crippen LogP contribution < -0.4 is 5.32 Å². The van der Waals surface area contributed by atoms with E-state index in [0.29, 0.717) is 12.5 Å². The number of nitrogens with zero attached hydrogens (tertiary/aromatic N) is 2. The molecule has 5 rings (SSSR count). The Kier molecular flexibility index (Phi) is 5.47. The molecule has 0 radical (unpaired) electrons. The molecule has 0 atom stereocenters. The smallest absolute Gasteiger partial charge is 0.252 e. The topological polar surface area (TPSA) is 54.5 Å². The first kappa shape index (κ1) is 19.2. The number of pyridine rings is 1. The number of carbonyl (C=O) groups excluding carboxylic acids is 1. The summed E-state index contributed by atoms with van der Waals surface area (Å²) in [5, 5.41) is 4.08. The van der Waals surface area contributed by atoms with Crippen molar-refractivity contribution in [3.05, 3.63) is 77.0 Å². The van der Waals surface area contributed by atoms with Gasteiger partial charge in [-0.05, 0) is 36.1 Å². The molecule has 154 valence electrons. The number of aromatic nitrogens is 1. The Morgan fingerprint density at radius 2 is 1.77 bits per heavy atom. The van der Waals surface area contributed by atoms with Crippen molar-refractivity contribution in [2.24, 2.45) is 0 Å². The van der Waals surface area contributed by atoms with E-state index in [2.05, 4.69) is 28.4 Å². The van der Waals surface area contributed by atoms with Gasteiger partial charge in [0.25, 0.3) is 5.91 Å². The van der Waals surface area contributed by atoms with E-state index < -0.39 is 0 Å². The molecule has 3 aromatic rings. The normalized spacial score (nSPS) is 17.2. The number of benzene rings is 2. The zero-order valence-electron chi connectivity index (χ0n) is 17.1. The number of para-hydroxylation sites is 1. The molecule has 5 heteroatoms. The zero-order chi connectivity index (χ0) is 20.3. The van der Waals surface area contributed by atoms with Gasteiger partial charge in [0.2, 0.25) is 0 Å².